The van der Waals surface area contributed by atoms with Crippen LogP contribution in [0.2, 0.25) is 0 Å². The Hall–Kier alpha value is -0.860. The number of aliphatic hydroxyl groups is 1. The SMILES string of the molecule is CCc1ccc(CNCC2(O)CCC(C)(C)CC2)cc1. The average molecular weight is 275 g/mol. The zero-order valence-corrected chi connectivity index (χ0v) is 13.2. The van der Waals surface area contributed by atoms with Crippen molar-refractivity contribution in [3.63, 3.8) is 0 Å². The fourth-order valence-corrected chi connectivity index (χ4v) is 2.90. The van der Waals surface area contributed by atoms with Crippen LogP contribution >= 0.6 is 0 Å². The predicted octanol–water partition coefficient (Wildman–Crippen LogP) is 3.67. The maximum Gasteiger partial charge on any atom is 0.0772 e. The van der Waals surface area contributed by atoms with Crippen LogP contribution in [-0.2, 0) is 13.0 Å². The fraction of sp³-hybridized carbons (Fsp3) is 0.667. The highest BCUT2D eigenvalue weighted by Crippen LogP contribution is 2.39. The molecule has 0 spiro atoms. The third-order valence-corrected chi connectivity index (χ3v) is 4.75. The predicted molar refractivity (Wildman–Crippen MR) is 84.7 cm³/mol. The molecule has 0 unspecified atom stereocenters. The lowest BCUT2D eigenvalue weighted by Gasteiger charge is -2.40. The molecule has 1 aromatic rings. The van der Waals surface area contributed by atoms with Crippen molar-refractivity contribution in [2.75, 3.05) is 6.54 Å². The van der Waals surface area contributed by atoms with E-state index in [0.29, 0.717) is 12.0 Å². The van der Waals surface area contributed by atoms with Crippen LogP contribution in [0.25, 0.3) is 0 Å². The van der Waals surface area contributed by atoms with Crippen molar-refractivity contribution >= 4 is 0 Å². The molecule has 2 nitrogen and oxygen atoms in total. The summed E-state index contributed by atoms with van der Waals surface area (Å²) in [6.45, 7) is 8.33. The molecule has 2 rings (SSSR count). The molecule has 0 amide bonds. The molecule has 0 saturated heterocycles. The van der Waals surface area contributed by atoms with Crippen LogP contribution in [0.1, 0.15) is 57.6 Å². The normalized spacial score (nSPS) is 20.8. The lowest BCUT2D eigenvalue weighted by atomic mass is 9.71. The van der Waals surface area contributed by atoms with E-state index in [1.165, 1.54) is 11.1 Å². The number of hydrogen-bond donors (Lipinski definition) is 2. The number of nitrogens with one attached hydrogen (secondary N) is 1. The minimum atomic E-state index is -0.501. The summed E-state index contributed by atoms with van der Waals surface area (Å²) in [7, 11) is 0. The Morgan fingerprint density at radius 2 is 1.55 bits per heavy atom. The molecule has 2 heteroatoms. The van der Waals surface area contributed by atoms with Gasteiger partial charge in [0, 0.05) is 13.1 Å². The maximum absolute atomic E-state index is 10.6. The molecule has 1 aliphatic rings. The maximum atomic E-state index is 10.6. The zero-order chi connectivity index (χ0) is 14.6. The van der Waals surface area contributed by atoms with E-state index in [2.05, 4.69) is 50.4 Å². The van der Waals surface area contributed by atoms with Crippen LogP contribution in [0.5, 0.6) is 0 Å². The van der Waals surface area contributed by atoms with Crippen LogP contribution in [0.15, 0.2) is 24.3 Å². The van der Waals surface area contributed by atoms with E-state index in [9.17, 15) is 5.11 Å². The summed E-state index contributed by atoms with van der Waals surface area (Å²) in [4.78, 5) is 0. The Morgan fingerprint density at radius 3 is 2.10 bits per heavy atom. The van der Waals surface area contributed by atoms with Crippen molar-refractivity contribution in [1.82, 2.24) is 5.32 Å². The summed E-state index contributed by atoms with van der Waals surface area (Å²) in [5, 5.41) is 14.0. The lowest BCUT2D eigenvalue weighted by Crippen LogP contribution is -2.44. The Morgan fingerprint density at radius 1 is 1.00 bits per heavy atom. The molecule has 112 valence electrons. The van der Waals surface area contributed by atoms with Crippen LogP contribution in [0, 0.1) is 5.41 Å². The van der Waals surface area contributed by atoms with Gasteiger partial charge in [-0.25, -0.2) is 0 Å². The van der Waals surface area contributed by atoms with Crippen molar-refractivity contribution < 1.29 is 5.11 Å². The number of hydrogen-bond acceptors (Lipinski definition) is 2. The van der Waals surface area contributed by atoms with Crippen molar-refractivity contribution in [1.29, 1.82) is 0 Å². The smallest absolute Gasteiger partial charge is 0.0772 e. The molecule has 1 saturated carbocycles. The number of aryl methyl sites for hydroxylation is 1. The van der Waals surface area contributed by atoms with Gasteiger partial charge in [-0.3, -0.25) is 0 Å². The summed E-state index contributed by atoms with van der Waals surface area (Å²) in [5.41, 5.74) is 2.57. The second-order valence-electron chi connectivity index (χ2n) is 7.16. The molecule has 0 aromatic heterocycles. The topological polar surface area (TPSA) is 32.3 Å². The molecule has 0 bridgehead atoms. The molecule has 1 aromatic carbocycles. The van der Waals surface area contributed by atoms with Gasteiger partial charge in [0.25, 0.3) is 0 Å². The standard InChI is InChI=1S/C18H29NO/c1-4-15-5-7-16(8-6-15)13-19-14-18(20)11-9-17(2,3)10-12-18/h5-8,19-20H,4,9-14H2,1-3H3. The molecular weight excluding hydrogens is 246 g/mol. The Labute approximate surface area is 123 Å². The lowest BCUT2D eigenvalue weighted by molar-refractivity contribution is -0.0245. The molecule has 20 heavy (non-hydrogen) atoms. The van der Waals surface area contributed by atoms with Crippen molar-refractivity contribution in [3.8, 4) is 0 Å². The summed E-state index contributed by atoms with van der Waals surface area (Å²) >= 11 is 0. The molecule has 0 atom stereocenters. The summed E-state index contributed by atoms with van der Waals surface area (Å²) in [6, 6.07) is 8.74. The van der Waals surface area contributed by atoms with E-state index >= 15 is 0 Å². The van der Waals surface area contributed by atoms with E-state index in [0.717, 1.165) is 38.6 Å². The molecular formula is C18H29NO. The largest absolute Gasteiger partial charge is 0.389 e. The van der Waals surface area contributed by atoms with Gasteiger partial charge in [0.05, 0.1) is 5.60 Å². The van der Waals surface area contributed by atoms with Crippen molar-refractivity contribution in [3.05, 3.63) is 35.4 Å². The number of benzene rings is 1. The number of rotatable bonds is 5. The highest BCUT2D eigenvalue weighted by molar-refractivity contribution is 5.22. The minimum Gasteiger partial charge on any atom is -0.389 e. The van der Waals surface area contributed by atoms with Crippen LogP contribution < -0.4 is 5.32 Å². The molecule has 0 radical (unpaired) electrons. The van der Waals surface area contributed by atoms with Gasteiger partial charge >= 0.3 is 0 Å². The van der Waals surface area contributed by atoms with Gasteiger partial charge in [-0.2, -0.15) is 0 Å². The first-order chi connectivity index (χ1) is 9.42. The molecule has 0 aliphatic heterocycles. The Kier molecular flexibility index (Phi) is 4.87. The van der Waals surface area contributed by atoms with Crippen molar-refractivity contribution in [2.24, 2.45) is 5.41 Å². The highest BCUT2D eigenvalue weighted by atomic mass is 16.3. The molecule has 1 aliphatic carbocycles. The second-order valence-corrected chi connectivity index (χ2v) is 7.16. The van der Waals surface area contributed by atoms with Crippen LogP contribution in [-0.4, -0.2) is 17.3 Å². The van der Waals surface area contributed by atoms with Crippen LogP contribution in [0.3, 0.4) is 0 Å². The average Bonchev–Trinajstić information content (AvgIpc) is 2.44. The van der Waals surface area contributed by atoms with Gasteiger partial charge < -0.3 is 10.4 Å². The highest BCUT2D eigenvalue weighted by Gasteiger charge is 2.36. The summed E-state index contributed by atoms with van der Waals surface area (Å²) in [6.07, 6.45) is 5.17. The second kappa shape index (κ2) is 6.28. The zero-order valence-electron chi connectivity index (χ0n) is 13.2. The summed E-state index contributed by atoms with van der Waals surface area (Å²) < 4.78 is 0. The Bertz CT molecular complexity index is 412. The van der Waals surface area contributed by atoms with E-state index < -0.39 is 5.60 Å². The first-order valence-electron chi connectivity index (χ1n) is 7.93. The van der Waals surface area contributed by atoms with Gasteiger partial charge in [-0.15, -0.1) is 0 Å². The fourth-order valence-electron chi connectivity index (χ4n) is 2.90. The quantitative estimate of drug-likeness (QED) is 0.859. The Balaban J connectivity index is 1.77. The van der Waals surface area contributed by atoms with Gasteiger partial charge in [0.15, 0.2) is 0 Å². The van der Waals surface area contributed by atoms with Crippen LogP contribution in [0.4, 0.5) is 0 Å². The first kappa shape index (κ1) is 15.5. The first-order valence-corrected chi connectivity index (χ1v) is 7.93. The minimum absolute atomic E-state index is 0.405. The molecule has 0 heterocycles. The third-order valence-electron chi connectivity index (χ3n) is 4.75. The summed E-state index contributed by atoms with van der Waals surface area (Å²) in [5.74, 6) is 0. The van der Waals surface area contributed by atoms with Crippen molar-refractivity contribution in [2.45, 2.75) is 65.0 Å². The van der Waals surface area contributed by atoms with E-state index in [1.54, 1.807) is 0 Å². The van der Waals surface area contributed by atoms with Gasteiger partial charge in [0.1, 0.15) is 0 Å². The van der Waals surface area contributed by atoms with E-state index in [1.807, 2.05) is 0 Å². The van der Waals surface area contributed by atoms with Gasteiger partial charge in [-0.1, -0.05) is 45.0 Å². The molecule has 1 fully saturated rings. The third kappa shape index (κ3) is 4.32. The van der Waals surface area contributed by atoms with Gasteiger partial charge in [0.2, 0.25) is 0 Å². The van der Waals surface area contributed by atoms with E-state index in [4.69, 9.17) is 0 Å². The van der Waals surface area contributed by atoms with E-state index in [-0.39, 0.29) is 0 Å². The van der Waals surface area contributed by atoms with Gasteiger partial charge in [-0.05, 0) is 48.6 Å². The monoisotopic (exact) mass is 275 g/mol. The molecule has 2 N–H and O–H groups in total.